The Morgan fingerprint density at radius 1 is 0.971 bits per heavy atom. The van der Waals surface area contributed by atoms with Gasteiger partial charge in [-0.25, -0.2) is 8.78 Å². The second-order valence-corrected chi connectivity index (χ2v) is 9.67. The summed E-state index contributed by atoms with van der Waals surface area (Å²) >= 11 is 0. The Hall–Kier alpha value is -3.57. The van der Waals surface area contributed by atoms with Gasteiger partial charge in [0.1, 0.15) is 0 Å². The highest BCUT2D eigenvalue weighted by Crippen LogP contribution is 2.43. The van der Waals surface area contributed by atoms with E-state index in [1.54, 1.807) is 18.5 Å². The standard InChI is InChI=1S/C30H27F2N3/c1-19-3-2-4-21(13-19)24-15-25-14-22(9-12-35(25)18-24)26-17-34-30(23-5-6-27(31)28(32)16-23)29(26)20-7-10-33-11-8-20/h2-8,10-11,13-14,16-17,24-25,34H,9,12,15,18H2,1H3/t24-,25-/m1/s1. The summed E-state index contributed by atoms with van der Waals surface area (Å²) in [5, 5.41) is 0. The maximum atomic E-state index is 14.1. The molecule has 1 fully saturated rings. The van der Waals surface area contributed by atoms with Crippen molar-refractivity contribution in [1.82, 2.24) is 14.9 Å². The van der Waals surface area contributed by atoms with Crippen molar-refractivity contribution in [2.75, 3.05) is 13.1 Å². The topological polar surface area (TPSA) is 31.9 Å². The fourth-order valence-corrected chi connectivity index (χ4v) is 5.71. The fourth-order valence-electron chi connectivity index (χ4n) is 5.71. The van der Waals surface area contributed by atoms with Crippen LogP contribution in [-0.4, -0.2) is 34.0 Å². The normalized spacial score (nSPS) is 20.0. The Labute approximate surface area is 204 Å². The average Bonchev–Trinajstić information content (AvgIpc) is 3.50. The lowest BCUT2D eigenvalue weighted by Gasteiger charge is -2.28. The van der Waals surface area contributed by atoms with Crippen LogP contribution >= 0.6 is 0 Å². The number of fused-ring (bicyclic) bond motifs is 1. The Kier molecular flexibility index (Phi) is 5.57. The molecule has 2 atom stereocenters. The molecule has 35 heavy (non-hydrogen) atoms. The van der Waals surface area contributed by atoms with Crippen LogP contribution in [0.25, 0.3) is 28.0 Å². The first-order chi connectivity index (χ1) is 17.1. The van der Waals surface area contributed by atoms with Gasteiger partial charge in [-0.1, -0.05) is 35.9 Å². The summed E-state index contributed by atoms with van der Waals surface area (Å²) < 4.78 is 27.7. The minimum atomic E-state index is -0.847. The molecule has 2 aromatic carbocycles. The monoisotopic (exact) mass is 467 g/mol. The van der Waals surface area contributed by atoms with Crippen LogP contribution in [0.4, 0.5) is 8.78 Å². The maximum Gasteiger partial charge on any atom is 0.159 e. The van der Waals surface area contributed by atoms with E-state index in [-0.39, 0.29) is 0 Å². The van der Waals surface area contributed by atoms with Crippen LogP contribution in [0.3, 0.4) is 0 Å². The zero-order valence-electron chi connectivity index (χ0n) is 19.6. The number of nitrogens with one attached hydrogen (secondary N) is 1. The number of rotatable bonds is 4. The van der Waals surface area contributed by atoms with Crippen LogP contribution < -0.4 is 0 Å². The fraction of sp³-hybridized carbons (Fsp3) is 0.233. The molecule has 0 aliphatic carbocycles. The van der Waals surface area contributed by atoms with Gasteiger partial charge < -0.3 is 4.98 Å². The molecule has 0 saturated carbocycles. The molecule has 0 bridgehead atoms. The lowest BCUT2D eigenvalue weighted by atomic mass is 9.89. The zero-order chi connectivity index (χ0) is 23.9. The van der Waals surface area contributed by atoms with Crippen molar-refractivity contribution in [2.24, 2.45) is 0 Å². The molecule has 3 nitrogen and oxygen atoms in total. The molecule has 4 heterocycles. The molecule has 1 saturated heterocycles. The van der Waals surface area contributed by atoms with E-state index in [1.165, 1.54) is 28.8 Å². The highest BCUT2D eigenvalue weighted by atomic mass is 19.2. The van der Waals surface area contributed by atoms with E-state index in [9.17, 15) is 8.78 Å². The lowest BCUT2D eigenvalue weighted by molar-refractivity contribution is 0.286. The van der Waals surface area contributed by atoms with Gasteiger partial charge in [-0.3, -0.25) is 9.88 Å². The first kappa shape index (κ1) is 21.9. The van der Waals surface area contributed by atoms with Crippen molar-refractivity contribution in [3.05, 3.63) is 108 Å². The minimum absolute atomic E-state index is 0.399. The number of aryl methyl sites for hydroxylation is 1. The van der Waals surface area contributed by atoms with Crippen LogP contribution in [-0.2, 0) is 0 Å². The molecular weight excluding hydrogens is 440 g/mol. The van der Waals surface area contributed by atoms with Gasteiger partial charge in [-0.2, -0.15) is 0 Å². The number of H-pyrrole nitrogens is 1. The Bertz CT molecular complexity index is 1410. The molecule has 176 valence electrons. The zero-order valence-corrected chi connectivity index (χ0v) is 19.6. The second kappa shape index (κ2) is 8.90. The molecule has 0 radical (unpaired) electrons. The number of nitrogens with zero attached hydrogens (tertiary/aromatic N) is 2. The minimum Gasteiger partial charge on any atom is -0.360 e. The van der Waals surface area contributed by atoms with E-state index in [4.69, 9.17) is 0 Å². The van der Waals surface area contributed by atoms with E-state index in [0.29, 0.717) is 17.5 Å². The highest BCUT2D eigenvalue weighted by Gasteiger charge is 2.34. The first-order valence-electron chi connectivity index (χ1n) is 12.2. The molecular formula is C30H27F2N3. The van der Waals surface area contributed by atoms with Gasteiger partial charge in [0.2, 0.25) is 0 Å². The Morgan fingerprint density at radius 3 is 2.63 bits per heavy atom. The summed E-state index contributed by atoms with van der Waals surface area (Å²) in [4.78, 5) is 10.1. The molecule has 0 unspecified atom stereocenters. The predicted octanol–water partition coefficient (Wildman–Crippen LogP) is 6.98. The van der Waals surface area contributed by atoms with E-state index in [1.807, 2.05) is 18.3 Å². The quantitative estimate of drug-likeness (QED) is 0.351. The Morgan fingerprint density at radius 2 is 1.83 bits per heavy atom. The van der Waals surface area contributed by atoms with Crippen molar-refractivity contribution in [3.8, 4) is 22.4 Å². The number of aromatic amines is 1. The largest absolute Gasteiger partial charge is 0.360 e. The van der Waals surface area contributed by atoms with Crippen molar-refractivity contribution in [1.29, 1.82) is 0 Å². The molecule has 2 aliphatic heterocycles. The molecule has 0 amide bonds. The summed E-state index contributed by atoms with van der Waals surface area (Å²) in [6, 6.07) is 17.3. The average molecular weight is 468 g/mol. The number of benzene rings is 2. The summed E-state index contributed by atoms with van der Waals surface area (Å²) in [5.41, 5.74) is 8.58. The van der Waals surface area contributed by atoms with Gasteiger partial charge in [0.15, 0.2) is 11.6 Å². The molecule has 6 rings (SSSR count). The van der Waals surface area contributed by atoms with Crippen LogP contribution in [0.15, 0.2) is 79.3 Å². The number of aromatic nitrogens is 2. The van der Waals surface area contributed by atoms with Crippen LogP contribution in [0.2, 0.25) is 0 Å². The maximum absolute atomic E-state index is 14.1. The summed E-state index contributed by atoms with van der Waals surface area (Å²) in [7, 11) is 0. The first-order valence-corrected chi connectivity index (χ1v) is 12.2. The smallest absolute Gasteiger partial charge is 0.159 e. The van der Waals surface area contributed by atoms with Gasteiger partial charge in [0.05, 0.1) is 5.69 Å². The number of hydrogen-bond donors (Lipinski definition) is 1. The molecule has 4 aromatic rings. The third-order valence-electron chi connectivity index (χ3n) is 7.43. The molecule has 0 spiro atoms. The van der Waals surface area contributed by atoms with E-state index < -0.39 is 11.6 Å². The van der Waals surface area contributed by atoms with Gasteiger partial charge >= 0.3 is 0 Å². The highest BCUT2D eigenvalue weighted by molar-refractivity contribution is 5.91. The van der Waals surface area contributed by atoms with E-state index in [0.717, 1.165) is 48.3 Å². The third kappa shape index (κ3) is 4.10. The van der Waals surface area contributed by atoms with Crippen molar-refractivity contribution >= 4 is 5.57 Å². The number of halogens is 2. The number of hydrogen-bond acceptors (Lipinski definition) is 2. The summed E-state index contributed by atoms with van der Waals surface area (Å²) in [5.74, 6) is -1.15. The van der Waals surface area contributed by atoms with Crippen LogP contribution in [0, 0.1) is 18.6 Å². The van der Waals surface area contributed by atoms with Crippen molar-refractivity contribution < 1.29 is 8.78 Å². The number of pyridine rings is 1. The van der Waals surface area contributed by atoms with Crippen molar-refractivity contribution in [2.45, 2.75) is 31.7 Å². The molecule has 5 heteroatoms. The lowest BCUT2D eigenvalue weighted by Crippen LogP contribution is -2.32. The van der Waals surface area contributed by atoms with E-state index in [2.05, 4.69) is 52.1 Å². The van der Waals surface area contributed by atoms with Gasteiger partial charge in [-0.15, -0.1) is 0 Å². The molecule has 2 aromatic heterocycles. The van der Waals surface area contributed by atoms with E-state index >= 15 is 0 Å². The van der Waals surface area contributed by atoms with Gasteiger partial charge in [0.25, 0.3) is 0 Å². The second-order valence-electron chi connectivity index (χ2n) is 9.67. The summed E-state index contributed by atoms with van der Waals surface area (Å²) in [6.07, 6.45) is 10.0. The Balaban J connectivity index is 1.38. The SMILES string of the molecule is Cc1cccc([C@@H]2C[C@H]3C=C(c4c[nH]c(-c5ccc(F)c(F)c5)c4-c4ccncc4)CCN3C2)c1. The van der Waals surface area contributed by atoms with Crippen LogP contribution in [0.1, 0.15) is 35.4 Å². The predicted molar refractivity (Wildman–Crippen MR) is 136 cm³/mol. The molecule has 2 aliphatic rings. The van der Waals surface area contributed by atoms with Gasteiger partial charge in [-0.05, 0) is 72.7 Å². The third-order valence-corrected chi connectivity index (χ3v) is 7.43. The van der Waals surface area contributed by atoms with Crippen LogP contribution in [0.5, 0.6) is 0 Å². The van der Waals surface area contributed by atoms with Crippen molar-refractivity contribution in [3.63, 3.8) is 0 Å². The molecule has 1 N–H and O–H groups in total. The van der Waals surface area contributed by atoms with Gasteiger partial charge in [0, 0.05) is 54.4 Å². The summed E-state index contributed by atoms with van der Waals surface area (Å²) in [6.45, 7) is 4.25.